The van der Waals surface area contributed by atoms with Crippen LogP contribution < -0.4 is 5.32 Å². The van der Waals surface area contributed by atoms with Crippen LogP contribution in [-0.4, -0.2) is 44.5 Å². The van der Waals surface area contributed by atoms with E-state index in [2.05, 4.69) is 10.4 Å². The van der Waals surface area contributed by atoms with Crippen LogP contribution in [0.4, 0.5) is 0 Å². The highest BCUT2D eigenvalue weighted by molar-refractivity contribution is 5.97. The molecule has 0 aliphatic rings. The molecule has 17 heavy (non-hydrogen) atoms. The predicted molar refractivity (Wildman–Crippen MR) is 58.5 cm³/mol. The number of hydrogen-bond donors (Lipinski definition) is 3. The van der Waals surface area contributed by atoms with Crippen molar-refractivity contribution in [1.82, 2.24) is 15.1 Å². The number of carboxylic acid groups (broad SMARTS) is 1. The van der Waals surface area contributed by atoms with Crippen LogP contribution in [0.2, 0.25) is 0 Å². The fourth-order valence-electron chi connectivity index (χ4n) is 1.34. The number of hydrogen-bond acceptors (Lipinski definition) is 4. The van der Waals surface area contributed by atoms with Crippen molar-refractivity contribution >= 4 is 11.9 Å². The van der Waals surface area contributed by atoms with Crippen molar-refractivity contribution in [3.05, 3.63) is 17.5 Å². The Bertz CT molecular complexity index is 427. The summed E-state index contributed by atoms with van der Waals surface area (Å²) in [5, 5.41) is 23.8. The molecule has 1 unspecified atom stereocenters. The lowest BCUT2D eigenvalue weighted by Crippen LogP contribution is -2.41. The first-order chi connectivity index (χ1) is 7.97. The molecule has 0 saturated heterocycles. The van der Waals surface area contributed by atoms with Gasteiger partial charge in [0.05, 0.1) is 11.8 Å². The average Bonchev–Trinajstić information content (AvgIpc) is 2.59. The van der Waals surface area contributed by atoms with Crippen molar-refractivity contribution in [2.24, 2.45) is 7.05 Å². The number of aliphatic hydroxyl groups excluding tert-OH is 1. The molecule has 0 aromatic carbocycles. The van der Waals surface area contributed by atoms with Crippen LogP contribution in [0.15, 0.2) is 6.20 Å². The van der Waals surface area contributed by atoms with Gasteiger partial charge in [0.2, 0.25) is 0 Å². The number of rotatable bonds is 5. The first kappa shape index (κ1) is 13.2. The molecule has 1 heterocycles. The number of carbonyl (C=O) groups excluding carboxylic acids is 1. The minimum Gasteiger partial charge on any atom is -0.480 e. The van der Waals surface area contributed by atoms with Gasteiger partial charge in [-0.15, -0.1) is 0 Å². The minimum absolute atomic E-state index is 0.0274. The van der Waals surface area contributed by atoms with Gasteiger partial charge in [0.25, 0.3) is 5.91 Å². The number of nitrogens with one attached hydrogen (secondary N) is 1. The molecule has 94 valence electrons. The molecule has 0 radical (unpaired) electrons. The maximum Gasteiger partial charge on any atom is 0.326 e. The fraction of sp³-hybridized carbons (Fsp3) is 0.500. The standard InChI is InChI=1S/C10H15N3O4/c1-6-7(5-11-13(6)2)9(15)12-8(3-4-14)10(16)17/h5,8,14H,3-4H2,1-2H3,(H,12,15)(H,16,17). The lowest BCUT2D eigenvalue weighted by molar-refractivity contribution is -0.139. The van der Waals surface area contributed by atoms with Crippen LogP contribution in [0.1, 0.15) is 22.5 Å². The van der Waals surface area contributed by atoms with Gasteiger partial charge in [-0.1, -0.05) is 0 Å². The number of aliphatic carboxylic acids is 1. The number of nitrogens with zero attached hydrogens (tertiary/aromatic N) is 2. The molecular weight excluding hydrogens is 226 g/mol. The Labute approximate surface area is 98.1 Å². The molecule has 0 saturated carbocycles. The van der Waals surface area contributed by atoms with Crippen LogP contribution in [0.25, 0.3) is 0 Å². The topological polar surface area (TPSA) is 104 Å². The lowest BCUT2D eigenvalue weighted by atomic mass is 10.2. The Morgan fingerprint density at radius 3 is 2.65 bits per heavy atom. The number of aliphatic hydroxyl groups is 1. The van der Waals surface area contributed by atoms with Crippen LogP contribution >= 0.6 is 0 Å². The van der Waals surface area contributed by atoms with Crippen LogP contribution in [0.3, 0.4) is 0 Å². The number of carboxylic acids is 1. The molecule has 0 spiro atoms. The highest BCUT2D eigenvalue weighted by Crippen LogP contribution is 2.06. The van der Waals surface area contributed by atoms with Crippen LogP contribution in [0, 0.1) is 6.92 Å². The highest BCUT2D eigenvalue weighted by Gasteiger charge is 2.21. The zero-order chi connectivity index (χ0) is 13.0. The molecule has 1 amide bonds. The molecule has 1 aromatic heterocycles. The maximum absolute atomic E-state index is 11.8. The van der Waals surface area contributed by atoms with Gasteiger partial charge in [-0.05, 0) is 6.92 Å². The first-order valence-corrected chi connectivity index (χ1v) is 5.10. The summed E-state index contributed by atoms with van der Waals surface area (Å²) in [6.45, 7) is 1.41. The van der Waals surface area contributed by atoms with Gasteiger partial charge in [-0.2, -0.15) is 5.10 Å². The zero-order valence-corrected chi connectivity index (χ0v) is 9.67. The molecule has 0 fully saturated rings. The Balaban J connectivity index is 2.77. The largest absolute Gasteiger partial charge is 0.480 e. The second kappa shape index (κ2) is 5.44. The van der Waals surface area contributed by atoms with Crippen molar-refractivity contribution in [3.8, 4) is 0 Å². The molecule has 0 aliphatic carbocycles. The van der Waals surface area contributed by atoms with E-state index in [4.69, 9.17) is 10.2 Å². The zero-order valence-electron chi connectivity index (χ0n) is 9.67. The van der Waals surface area contributed by atoms with Crippen molar-refractivity contribution in [2.45, 2.75) is 19.4 Å². The third-order valence-electron chi connectivity index (χ3n) is 2.50. The molecular formula is C10H15N3O4. The third kappa shape index (κ3) is 3.04. The third-order valence-corrected chi connectivity index (χ3v) is 2.50. The average molecular weight is 241 g/mol. The Hall–Kier alpha value is -1.89. The van der Waals surface area contributed by atoms with Crippen LogP contribution in [-0.2, 0) is 11.8 Å². The van der Waals surface area contributed by atoms with E-state index >= 15 is 0 Å². The summed E-state index contributed by atoms with van der Waals surface area (Å²) in [4.78, 5) is 22.6. The Morgan fingerprint density at radius 2 is 2.24 bits per heavy atom. The van der Waals surface area contributed by atoms with Crippen molar-refractivity contribution in [3.63, 3.8) is 0 Å². The monoisotopic (exact) mass is 241 g/mol. The molecule has 7 heteroatoms. The van der Waals surface area contributed by atoms with Gasteiger partial charge in [0.1, 0.15) is 6.04 Å². The molecule has 1 rings (SSSR count). The summed E-state index contributed by atoms with van der Waals surface area (Å²) < 4.78 is 1.52. The first-order valence-electron chi connectivity index (χ1n) is 5.10. The highest BCUT2D eigenvalue weighted by atomic mass is 16.4. The van der Waals surface area contributed by atoms with Crippen molar-refractivity contribution in [2.75, 3.05) is 6.61 Å². The Kier molecular flexibility index (Phi) is 4.22. The van der Waals surface area contributed by atoms with E-state index in [1.807, 2.05) is 0 Å². The van der Waals surface area contributed by atoms with Gasteiger partial charge >= 0.3 is 5.97 Å². The number of aromatic nitrogens is 2. The quantitative estimate of drug-likeness (QED) is 0.632. The molecule has 3 N–H and O–H groups in total. The summed E-state index contributed by atoms with van der Waals surface area (Å²) in [6.07, 6.45) is 1.35. The summed E-state index contributed by atoms with van der Waals surface area (Å²) in [6, 6.07) is -1.09. The molecule has 1 aromatic rings. The number of aryl methyl sites for hydroxylation is 1. The van der Waals surface area contributed by atoms with Gasteiger partial charge in [0.15, 0.2) is 0 Å². The second-order valence-corrected chi connectivity index (χ2v) is 3.64. The van der Waals surface area contributed by atoms with Crippen molar-refractivity contribution < 1.29 is 19.8 Å². The fourth-order valence-corrected chi connectivity index (χ4v) is 1.34. The van der Waals surface area contributed by atoms with Crippen LogP contribution in [0.5, 0.6) is 0 Å². The summed E-state index contributed by atoms with van der Waals surface area (Å²) in [5.41, 5.74) is 0.979. The SMILES string of the molecule is Cc1c(C(=O)NC(CCO)C(=O)O)cnn1C. The Morgan fingerprint density at radius 1 is 1.59 bits per heavy atom. The van der Waals surface area contributed by atoms with E-state index in [0.717, 1.165) is 0 Å². The molecule has 0 bridgehead atoms. The van der Waals surface area contributed by atoms with Gasteiger partial charge in [-0.25, -0.2) is 4.79 Å². The predicted octanol–water partition coefficient (Wildman–Crippen LogP) is -0.706. The molecule has 1 atom stereocenters. The van der Waals surface area contributed by atoms with Gasteiger partial charge in [-0.3, -0.25) is 9.48 Å². The van der Waals surface area contributed by atoms with E-state index in [1.165, 1.54) is 10.9 Å². The minimum atomic E-state index is -1.17. The van der Waals surface area contributed by atoms with Gasteiger partial charge < -0.3 is 15.5 Å². The van der Waals surface area contributed by atoms with E-state index in [9.17, 15) is 9.59 Å². The van der Waals surface area contributed by atoms with E-state index in [-0.39, 0.29) is 13.0 Å². The lowest BCUT2D eigenvalue weighted by Gasteiger charge is -2.12. The smallest absolute Gasteiger partial charge is 0.326 e. The van der Waals surface area contributed by atoms with E-state index in [0.29, 0.717) is 11.3 Å². The number of amides is 1. The summed E-state index contributed by atoms with van der Waals surface area (Å²) >= 11 is 0. The van der Waals surface area contributed by atoms with E-state index in [1.54, 1.807) is 14.0 Å². The van der Waals surface area contributed by atoms with Crippen molar-refractivity contribution in [1.29, 1.82) is 0 Å². The van der Waals surface area contributed by atoms with E-state index < -0.39 is 17.9 Å². The number of carbonyl (C=O) groups is 2. The maximum atomic E-state index is 11.8. The molecule has 7 nitrogen and oxygen atoms in total. The summed E-state index contributed by atoms with van der Waals surface area (Å²) in [5.74, 6) is -1.68. The van der Waals surface area contributed by atoms with Gasteiger partial charge in [0, 0.05) is 25.8 Å². The summed E-state index contributed by atoms with van der Waals surface area (Å²) in [7, 11) is 1.69. The second-order valence-electron chi connectivity index (χ2n) is 3.64. The molecule has 0 aliphatic heterocycles. The normalized spacial score (nSPS) is 12.2.